The van der Waals surface area contributed by atoms with Gasteiger partial charge in [0, 0.05) is 152 Å². The number of hydrogen-bond acceptors (Lipinski definition) is 26. The predicted molar refractivity (Wildman–Crippen MR) is 470 cm³/mol. The van der Waals surface area contributed by atoms with Crippen molar-refractivity contribution in [2.24, 2.45) is 0 Å². The van der Waals surface area contributed by atoms with Crippen molar-refractivity contribution in [3.63, 3.8) is 0 Å². The monoisotopic (exact) mass is 1540 g/mol. The molecular weight excluding hydrogens is 1460 g/mol. The van der Waals surface area contributed by atoms with E-state index >= 15 is 0 Å². The van der Waals surface area contributed by atoms with Crippen molar-refractivity contribution in [1.82, 2.24) is 34.9 Å². The van der Waals surface area contributed by atoms with Gasteiger partial charge in [0.2, 0.25) is 21.7 Å². The third-order valence-electron chi connectivity index (χ3n) is 17.2. The second-order valence-corrected chi connectivity index (χ2v) is 27.5. The number of nitrogens with zero attached hydrogens (tertiary/aromatic N) is 5. The van der Waals surface area contributed by atoms with Crippen molar-refractivity contribution in [1.29, 1.82) is 0 Å². The molecule has 0 aliphatic heterocycles. The van der Waals surface area contributed by atoms with E-state index in [4.69, 9.17) is 105 Å². The molecule has 0 amide bonds. The van der Waals surface area contributed by atoms with E-state index in [1.165, 1.54) is 17.1 Å². The molecule has 0 saturated heterocycles. The number of nitrogens with one attached hydrogen (secondary N) is 2. The number of pyridine rings is 2. The lowest BCUT2D eigenvalue weighted by Crippen LogP contribution is -2.00. The second kappa shape index (κ2) is 34.3. The molecule has 572 valence electrons. The van der Waals surface area contributed by atoms with Gasteiger partial charge in [0.1, 0.15) is 46.1 Å². The minimum atomic E-state index is -3.34. The minimum Gasteiger partial charge on any atom is -0.456 e. The van der Waals surface area contributed by atoms with Crippen LogP contribution in [0.2, 0.25) is 0 Å². The fraction of sp³-hybridized carbons (Fsp3) is 0. The first-order valence-electron chi connectivity index (χ1n) is 34.8. The van der Waals surface area contributed by atoms with Gasteiger partial charge in [0.15, 0.2) is 11.2 Å². The smallest absolute Gasteiger partial charge is 0.224 e. The number of nitrogens with two attached hydrogens (primary N) is 16. The molecule has 0 atom stereocenters. The van der Waals surface area contributed by atoms with Crippen LogP contribution in [0.4, 0.5) is 91.9 Å². The average molecular weight is 1540 g/mol. The summed E-state index contributed by atoms with van der Waals surface area (Å²) < 4.78 is 41.0. The maximum absolute atomic E-state index is 12.0. The van der Waals surface area contributed by atoms with Crippen LogP contribution in [0.5, 0.6) is 0 Å². The highest BCUT2D eigenvalue weighted by Gasteiger charge is 2.17. The standard InChI is InChI=1S/2C12H11N3.3C12H10N2O.C12H10O2S.2C5H7N3.C3H5N5/c13-7-2-4-11-10(5-7)9-3-1-8(14)6-12(9)15-11;13-7-1-3-9-10-4-2-8(14)6-12(10)15-11(9)5-7;13-7-2-4-11-10(5-7)9-3-1-8(14)6-12(9)15-11;13-7-4-5-8-9-2-1-3-10(14)12(9)15-11(8)6-7;13-7-4-5-11-9(6-7)8-2-1-3-10(14)12(8)15-11;13-15(14,11-7-3-1-4-8-11)12-9-5-2-6-10-12;6-4-1-2-8-5(7)3-4;6-4-2-1-3-5(7)8-4;4-2-6-1-7-3(5)8-2/h2*1-6,15H,13-14H2;3*1-6H,13-14H2;1-10H;2*1-3H,(H4,6,7,8);1H,(H4,4,5,6,7,8). The molecule has 0 unspecified atom stereocenters. The van der Waals surface area contributed by atoms with Crippen LogP contribution in [0.25, 0.3) is 109 Å². The highest BCUT2D eigenvalue weighted by molar-refractivity contribution is 7.91. The highest BCUT2D eigenvalue weighted by Crippen LogP contribution is 2.36. The number of sulfone groups is 1. The lowest BCUT2D eigenvalue weighted by atomic mass is 10.1. The summed E-state index contributed by atoms with van der Waals surface area (Å²) in [4.78, 5) is 25.3. The van der Waals surface area contributed by atoms with Crippen LogP contribution in [0.15, 0.2) is 309 Å². The van der Waals surface area contributed by atoms with E-state index in [0.29, 0.717) is 55.7 Å². The molecule has 0 aliphatic carbocycles. The summed E-state index contributed by atoms with van der Waals surface area (Å²) in [5, 5.41) is 10.8. The van der Waals surface area contributed by atoms with E-state index in [9.17, 15) is 8.42 Å². The lowest BCUT2D eigenvalue weighted by molar-refractivity contribution is 0.596. The number of H-pyrrole nitrogens is 2. The number of nitrogen functional groups attached to an aromatic ring is 16. The number of hydrogen-bond donors (Lipinski definition) is 18. The van der Waals surface area contributed by atoms with Crippen molar-refractivity contribution in [2.75, 3.05) is 91.7 Å². The van der Waals surface area contributed by atoms with Gasteiger partial charge in [0.25, 0.3) is 0 Å². The van der Waals surface area contributed by atoms with Gasteiger partial charge >= 0.3 is 0 Å². The molecule has 20 rings (SSSR count). The van der Waals surface area contributed by atoms with Gasteiger partial charge in [-0.15, -0.1) is 0 Å². The summed E-state index contributed by atoms with van der Waals surface area (Å²) in [7, 11) is -3.34. The first kappa shape index (κ1) is 77.3. The summed E-state index contributed by atoms with van der Waals surface area (Å²) in [5.41, 5.74) is 106. The number of benzene rings is 12. The quantitative estimate of drug-likeness (QED) is 0.0715. The molecule has 0 saturated carbocycles. The van der Waals surface area contributed by atoms with E-state index in [0.717, 1.165) is 133 Å². The lowest BCUT2D eigenvalue weighted by Gasteiger charge is -2.03. The summed E-state index contributed by atoms with van der Waals surface area (Å²) in [6.45, 7) is 0. The summed E-state index contributed by atoms with van der Waals surface area (Å²) in [6, 6.07) is 82.7. The van der Waals surface area contributed by atoms with Crippen LogP contribution < -0.4 is 91.7 Å². The second-order valence-electron chi connectivity index (χ2n) is 25.6. The molecule has 0 bridgehead atoms. The predicted octanol–water partition coefficient (Wildman–Crippen LogP) is 15.3. The number of aromatic nitrogens is 7. The van der Waals surface area contributed by atoms with E-state index < -0.39 is 9.84 Å². The fourth-order valence-electron chi connectivity index (χ4n) is 12.0. The normalized spacial score (nSPS) is 10.7. The van der Waals surface area contributed by atoms with Crippen molar-refractivity contribution in [3.05, 3.63) is 286 Å². The molecule has 12 aromatic carbocycles. The van der Waals surface area contributed by atoms with Crippen LogP contribution in [0, 0.1) is 0 Å². The average Bonchev–Trinajstić information content (AvgIpc) is 1.66. The van der Waals surface area contributed by atoms with Gasteiger partial charge in [0.05, 0.1) is 21.2 Å². The Morgan fingerprint density at radius 2 is 0.623 bits per heavy atom. The molecule has 8 aromatic heterocycles. The number of fused-ring (bicyclic) bond motifs is 15. The fourth-order valence-corrected chi connectivity index (χ4v) is 13.3. The van der Waals surface area contributed by atoms with Crippen LogP contribution in [0.3, 0.4) is 0 Å². The molecule has 28 nitrogen and oxygen atoms in total. The third-order valence-corrected chi connectivity index (χ3v) is 19.0. The molecule has 114 heavy (non-hydrogen) atoms. The maximum Gasteiger partial charge on any atom is 0.224 e. The molecule has 20 aromatic rings. The summed E-state index contributed by atoms with van der Waals surface area (Å²) in [5.74, 6) is 1.69. The van der Waals surface area contributed by atoms with Crippen molar-refractivity contribution in [2.45, 2.75) is 9.79 Å². The van der Waals surface area contributed by atoms with E-state index in [1.54, 1.807) is 97.2 Å². The molecular formula is C85H81N23O5S. The largest absolute Gasteiger partial charge is 0.456 e. The zero-order valence-corrected chi connectivity index (χ0v) is 61.9. The maximum atomic E-state index is 12.0. The number of rotatable bonds is 2. The Balaban J connectivity index is 0.000000120. The van der Waals surface area contributed by atoms with Gasteiger partial charge in [-0.25, -0.2) is 28.4 Å². The topological polar surface area (TPSA) is 586 Å². The molecule has 8 heterocycles. The number of aromatic amines is 2. The van der Waals surface area contributed by atoms with Crippen molar-refractivity contribution >= 4 is 211 Å². The Labute approximate surface area is 651 Å². The summed E-state index contributed by atoms with van der Waals surface area (Å²) >= 11 is 0. The van der Waals surface area contributed by atoms with Crippen molar-refractivity contribution in [3.8, 4) is 0 Å². The van der Waals surface area contributed by atoms with E-state index in [2.05, 4.69) is 34.9 Å². The Morgan fingerprint density at radius 1 is 0.254 bits per heavy atom. The SMILES string of the molecule is Nc1ccc2c(c1)[nH]c1cc(N)ccc12.Nc1ccc2c(c1)[nH]c1ccc(N)cc12.Nc1ccc2c(c1)oc1c(N)cccc12.Nc1ccc2c(c1)oc1ccc(N)cc12.Nc1ccc2oc3c(N)cccc3c2c1.Nc1cccc(N)n1.Nc1ccnc(N)c1.Nc1ncnc(N)n1.O=S(=O)(c1ccccc1)c1ccccc1. The molecule has 34 N–H and O–H groups in total. The van der Waals surface area contributed by atoms with Crippen molar-refractivity contribution < 1.29 is 21.7 Å². The van der Waals surface area contributed by atoms with Gasteiger partial charge in [-0.2, -0.15) is 4.98 Å². The number of furan rings is 3. The number of anilines is 16. The van der Waals surface area contributed by atoms with Gasteiger partial charge in [-0.05, 0) is 170 Å². The Morgan fingerprint density at radius 3 is 1.07 bits per heavy atom. The van der Waals surface area contributed by atoms with E-state index in [1.807, 2.05) is 182 Å². The van der Waals surface area contributed by atoms with Crippen LogP contribution in [-0.4, -0.2) is 43.3 Å². The Bertz CT molecular complexity index is 6470. The first-order valence-corrected chi connectivity index (χ1v) is 36.3. The molecule has 0 fully saturated rings. The zero-order chi connectivity index (χ0) is 80.7. The molecule has 29 heteroatoms. The Kier molecular flexibility index (Phi) is 23.3. The zero-order valence-electron chi connectivity index (χ0n) is 61.1. The molecule has 0 radical (unpaired) electrons. The van der Waals surface area contributed by atoms with Gasteiger partial charge in [-0.3, -0.25) is 0 Å². The van der Waals surface area contributed by atoms with Crippen LogP contribution >= 0.6 is 0 Å². The highest BCUT2D eigenvalue weighted by atomic mass is 32.2. The minimum absolute atomic E-state index is 0.150. The molecule has 0 aliphatic rings. The first-order chi connectivity index (χ1) is 54.8. The molecule has 0 spiro atoms. The third kappa shape index (κ3) is 18.8. The van der Waals surface area contributed by atoms with E-state index in [-0.39, 0.29) is 11.9 Å². The van der Waals surface area contributed by atoms with Gasteiger partial charge < -0.3 is 115 Å². The van der Waals surface area contributed by atoms with Gasteiger partial charge in [-0.1, -0.05) is 84.9 Å². The van der Waals surface area contributed by atoms with Crippen LogP contribution in [0.1, 0.15) is 0 Å². The van der Waals surface area contributed by atoms with Crippen LogP contribution in [-0.2, 0) is 9.84 Å². The summed E-state index contributed by atoms with van der Waals surface area (Å²) in [6.07, 6.45) is 2.84. The Hall–Kier alpha value is -16.3. The number of para-hydroxylation sites is 2.